The predicted octanol–water partition coefficient (Wildman–Crippen LogP) is 4.46. The van der Waals surface area contributed by atoms with Gasteiger partial charge >= 0.3 is 0 Å². The Morgan fingerprint density at radius 3 is 1.93 bits per heavy atom. The standard InChI is InChI=1S/C24H33NO2/c1-19-10-9-11-20(2)25(19)16-23(26)17-27-18-24(21-12-5-3-6-13-21)22-14-7-4-8-15-22/h3-8,12-15,19-20,23-24,26H,9-11,16-18H2,1-2H3/t19-,20-,23-/m1/s1. The van der Waals surface area contributed by atoms with Crippen LogP contribution in [0.15, 0.2) is 60.7 Å². The summed E-state index contributed by atoms with van der Waals surface area (Å²) in [6.07, 6.45) is 3.30. The van der Waals surface area contributed by atoms with Crippen LogP contribution in [0.1, 0.15) is 50.2 Å². The first-order valence-electron chi connectivity index (χ1n) is 10.3. The fraction of sp³-hybridized carbons (Fsp3) is 0.500. The molecule has 3 heteroatoms. The summed E-state index contributed by atoms with van der Waals surface area (Å²) in [4.78, 5) is 2.43. The summed E-state index contributed by atoms with van der Waals surface area (Å²) >= 11 is 0. The van der Waals surface area contributed by atoms with Crippen LogP contribution in [0.4, 0.5) is 0 Å². The van der Waals surface area contributed by atoms with Crippen LogP contribution in [0.2, 0.25) is 0 Å². The molecule has 0 saturated carbocycles. The molecule has 3 atom stereocenters. The zero-order valence-electron chi connectivity index (χ0n) is 16.6. The van der Waals surface area contributed by atoms with E-state index in [1.54, 1.807) is 0 Å². The number of nitrogens with zero attached hydrogens (tertiary/aromatic N) is 1. The zero-order valence-corrected chi connectivity index (χ0v) is 16.6. The topological polar surface area (TPSA) is 32.7 Å². The van der Waals surface area contributed by atoms with Crippen molar-refractivity contribution in [2.45, 2.75) is 57.2 Å². The van der Waals surface area contributed by atoms with Crippen molar-refractivity contribution >= 4 is 0 Å². The van der Waals surface area contributed by atoms with Crippen molar-refractivity contribution in [2.24, 2.45) is 0 Å². The number of aliphatic hydroxyl groups is 1. The first-order chi connectivity index (χ1) is 13.1. The molecule has 3 nitrogen and oxygen atoms in total. The van der Waals surface area contributed by atoms with E-state index in [-0.39, 0.29) is 5.92 Å². The number of likely N-dealkylation sites (tertiary alicyclic amines) is 1. The van der Waals surface area contributed by atoms with Gasteiger partial charge in [0, 0.05) is 24.5 Å². The first-order valence-corrected chi connectivity index (χ1v) is 10.3. The lowest BCUT2D eigenvalue weighted by Gasteiger charge is -2.40. The number of benzene rings is 2. The molecule has 1 fully saturated rings. The van der Waals surface area contributed by atoms with Crippen molar-refractivity contribution in [1.29, 1.82) is 0 Å². The summed E-state index contributed by atoms with van der Waals surface area (Å²) in [7, 11) is 0. The predicted molar refractivity (Wildman–Crippen MR) is 111 cm³/mol. The summed E-state index contributed by atoms with van der Waals surface area (Å²) in [5, 5.41) is 10.5. The Morgan fingerprint density at radius 2 is 1.41 bits per heavy atom. The Labute approximate surface area is 164 Å². The van der Waals surface area contributed by atoms with E-state index < -0.39 is 6.10 Å². The maximum atomic E-state index is 10.5. The molecule has 0 aromatic heterocycles. The number of hydrogen-bond donors (Lipinski definition) is 1. The summed E-state index contributed by atoms with van der Waals surface area (Å²) in [5.74, 6) is 0.187. The normalized spacial score (nSPS) is 22.1. The maximum Gasteiger partial charge on any atom is 0.0900 e. The Bertz CT molecular complexity index is 611. The molecule has 0 spiro atoms. The monoisotopic (exact) mass is 367 g/mol. The molecule has 1 heterocycles. The van der Waals surface area contributed by atoms with Crippen molar-refractivity contribution in [1.82, 2.24) is 4.90 Å². The van der Waals surface area contributed by atoms with Gasteiger partial charge in [-0.25, -0.2) is 0 Å². The van der Waals surface area contributed by atoms with Gasteiger partial charge in [-0.15, -0.1) is 0 Å². The van der Waals surface area contributed by atoms with Crippen molar-refractivity contribution in [3.05, 3.63) is 71.8 Å². The van der Waals surface area contributed by atoms with Crippen molar-refractivity contribution in [2.75, 3.05) is 19.8 Å². The second kappa shape index (κ2) is 10.0. The van der Waals surface area contributed by atoms with Crippen LogP contribution in [-0.4, -0.2) is 48.0 Å². The fourth-order valence-corrected chi connectivity index (χ4v) is 4.21. The highest BCUT2D eigenvalue weighted by Crippen LogP contribution is 2.25. The highest BCUT2D eigenvalue weighted by atomic mass is 16.5. The van der Waals surface area contributed by atoms with E-state index in [4.69, 9.17) is 4.74 Å². The third-order valence-electron chi connectivity index (χ3n) is 5.80. The lowest BCUT2D eigenvalue weighted by molar-refractivity contribution is -0.0103. The van der Waals surface area contributed by atoms with Crippen LogP contribution in [-0.2, 0) is 4.74 Å². The molecule has 3 rings (SSSR count). The van der Waals surface area contributed by atoms with Gasteiger partial charge in [-0.3, -0.25) is 4.90 Å². The number of hydrogen-bond acceptors (Lipinski definition) is 3. The number of β-amino-alcohol motifs (C(OH)–C–C–N with tert-alkyl or cyclic N) is 1. The number of ether oxygens (including phenoxy) is 1. The van der Waals surface area contributed by atoms with E-state index in [2.05, 4.69) is 67.3 Å². The summed E-state index contributed by atoms with van der Waals surface area (Å²) < 4.78 is 6.00. The van der Waals surface area contributed by atoms with E-state index in [9.17, 15) is 5.11 Å². The van der Waals surface area contributed by atoms with E-state index in [0.29, 0.717) is 31.8 Å². The third-order valence-corrected chi connectivity index (χ3v) is 5.80. The molecule has 27 heavy (non-hydrogen) atoms. The zero-order chi connectivity index (χ0) is 19.1. The molecule has 0 aliphatic carbocycles. The van der Waals surface area contributed by atoms with Gasteiger partial charge in [0.15, 0.2) is 0 Å². The molecule has 1 aliphatic heterocycles. The molecule has 1 aliphatic rings. The van der Waals surface area contributed by atoms with Crippen LogP contribution in [0, 0.1) is 0 Å². The van der Waals surface area contributed by atoms with Crippen molar-refractivity contribution < 1.29 is 9.84 Å². The van der Waals surface area contributed by atoms with Gasteiger partial charge in [0.05, 0.1) is 19.3 Å². The minimum atomic E-state index is -0.444. The summed E-state index contributed by atoms with van der Waals surface area (Å²) in [5.41, 5.74) is 2.49. The van der Waals surface area contributed by atoms with Gasteiger partial charge in [0.1, 0.15) is 0 Å². The number of rotatable bonds is 8. The van der Waals surface area contributed by atoms with E-state index in [1.165, 1.54) is 30.4 Å². The van der Waals surface area contributed by atoms with Crippen LogP contribution < -0.4 is 0 Å². The Balaban J connectivity index is 1.56. The van der Waals surface area contributed by atoms with Gasteiger partial charge in [-0.2, -0.15) is 0 Å². The van der Waals surface area contributed by atoms with Gasteiger partial charge in [0.2, 0.25) is 0 Å². The molecular formula is C24H33NO2. The summed E-state index contributed by atoms with van der Waals surface area (Å²) in [6, 6.07) is 22.0. The average molecular weight is 368 g/mol. The van der Waals surface area contributed by atoms with Crippen LogP contribution >= 0.6 is 0 Å². The molecule has 0 unspecified atom stereocenters. The van der Waals surface area contributed by atoms with Crippen LogP contribution in [0.5, 0.6) is 0 Å². The second-order valence-corrected chi connectivity index (χ2v) is 7.89. The lowest BCUT2D eigenvalue weighted by Crippen LogP contribution is -2.48. The van der Waals surface area contributed by atoms with Gasteiger partial charge in [-0.05, 0) is 37.8 Å². The Kier molecular flexibility index (Phi) is 7.45. The molecule has 0 radical (unpaired) electrons. The largest absolute Gasteiger partial charge is 0.389 e. The molecule has 146 valence electrons. The van der Waals surface area contributed by atoms with Crippen LogP contribution in [0.3, 0.4) is 0 Å². The molecule has 2 aromatic rings. The smallest absolute Gasteiger partial charge is 0.0900 e. The van der Waals surface area contributed by atoms with E-state index in [1.807, 2.05) is 12.1 Å². The minimum Gasteiger partial charge on any atom is -0.389 e. The first kappa shape index (κ1) is 20.1. The molecule has 1 saturated heterocycles. The van der Waals surface area contributed by atoms with Crippen molar-refractivity contribution in [3.63, 3.8) is 0 Å². The lowest BCUT2D eigenvalue weighted by atomic mass is 9.92. The SMILES string of the molecule is C[C@@H]1CCC[C@@H](C)N1C[C@@H](O)COCC(c1ccccc1)c1ccccc1. The van der Waals surface area contributed by atoms with E-state index >= 15 is 0 Å². The fourth-order valence-electron chi connectivity index (χ4n) is 4.21. The second-order valence-electron chi connectivity index (χ2n) is 7.89. The third kappa shape index (κ3) is 5.65. The average Bonchev–Trinajstić information content (AvgIpc) is 2.69. The Morgan fingerprint density at radius 1 is 0.889 bits per heavy atom. The Hall–Kier alpha value is -1.68. The quantitative estimate of drug-likeness (QED) is 0.748. The van der Waals surface area contributed by atoms with Gasteiger partial charge in [0.25, 0.3) is 0 Å². The number of aliphatic hydroxyl groups excluding tert-OH is 1. The van der Waals surface area contributed by atoms with Crippen molar-refractivity contribution in [3.8, 4) is 0 Å². The van der Waals surface area contributed by atoms with E-state index in [0.717, 1.165) is 0 Å². The van der Waals surface area contributed by atoms with Gasteiger partial charge in [-0.1, -0.05) is 67.1 Å². The molecule has 0 amide bonds. The maximum absolute atomic E-state index is 10.5. The number of piperidine rings is 1. The summed E-state index contributed by atoms with van der Waals surface area (Å²) in [6.45, 7) is 6.19. The minimum absolute atomic E-state index is 0.187. The van der Waals surface area contributed by atoms with Gasteiger partial charge < -0.3 is 9.84 Å². The molecule has 1 N–H and O–H groups in total. The molecular weight excluding hydrogens is 334 g/mol. The van der Waals surface area contributed by atoms with Crippen LogP contribution in [0.25, 0.3) is 0 Å². The highest BCUT2D eigenvalue weighted by molar-refractivity contribution is 5.32. The highest BCUT2D eigenvalue weighted by Gasteiger charge is 2.26. The molecule has 0 bridgehead atoms. The molecule has 2 aromatic carbocycles.